The highest BCUT2D eigenvalue weighted by molar-refractivity contribution is 8.00. The second kappa shape index (κ2) is 6.82. The maximum absolute atomic E-state index is 12.7. The summed E-state index contributed by atoms with van der Waals surface area (Å²) < 4.78 is 0. The molecule has 1 amide bonds. The van der Waals surface area contributed by atoms with Gasteiger partial charge in [0.2, 0.25) is 5.91 Å². The van der Waals surface area contributed by atoms with Gasteiger partial charge in [0.05, 0.1) is 5.25 Å². The minimum Gasteiger partial charge on any atom is -0.325 e. The lowest BCUT2D eigenvalue weighted by atomic mass is 10.1. The molecular formula is C19H15N3OS2. The fourth-order valence-corrected chi connectivity index (χ4v) is 4.35. The van der Waals surface area contributed by atoms with Gasteiger partial charge >= 0.3 is 0 Å². The lowest BCUT2D eigenvalue weighted by Crippen LogP contribution is -2.22. The van der Waals surface area contributed by atoms with Gasteiger partial charge in [-0.2, -0.15) is 0 Å². The molecule has 4 rings (SSSR count). The number of fused-ring (bicyclic) bond motifs is 2. The zero-order valence-corrected chi connectivity index (χ0v) is 15.1. The van der Waals surface area contributed by atoms with Gasteiger partial charge in [-0.15, -0.1) is 11.3 Å². The molecule has 124 valence electrons. The maximum Gasteiger partial charge on any atom is 0.237 e. The van der Waals surface area contributed by atoms with E-state index in [1.54, 1.807) is 17.7 Å². The molecule has 0 saturated heterocycles. The van der Waals surface area contributed by atoms with Gasteiger partial charge in [0.1, 0.15) is 16.2 Å². The van der Waals surface area contributed by atoms with Crippen molar-refractivity contribution in [1.82, 2.24) is 9.97 Å². The van der Waals surface area contributed by atoms with Crippen molar-refractivity contribution in [3.8, 4) is 0 Å². The van der Waals surface area contributed by atoms with E-state index in [4.69, 9.17) is 0 Å². The number of aromatic nitrogens is 2. The zero-order valence-electron chi connectivity index (χ0n) is 13.5. The molecule has 2 aromatic heterocycles. The molecule has 4 nitrogen and oxygen atoms in total. The van der Waals surface area contributed by atoms with Crippen LogP contribution in [0.3, 0.4) is 0 Å². The third kappa shape index (κ3) is 3.23. The van der Waals surface area contributed by atoms with Crippen molar-refractivity contribution < 1.29 is 4.79 Å². The molecule has 0 radical (unpaired) electrons. The van der Waals surface area contributed by atoms with E-state index in [0.717, 1.165) is 31.7 Å². The van der Waals surface area contributed by atoms with E-state index < -0.39 is 0 Å². The minimum atomic E-state index is -0.267. The SMILES string of the molecule is C[C@H](Sc1ncnc2sccc12)C(=O)Nc1cccc2ccccc12. The average Bonchev–Trinajstić information content (AvgIpc) is 3.12. The summed E-state index contributed by atoms with van der Waals surface area (Å²) in [6, 6.07) is 15.9. The van der Waals surface area contributed by atoms with Gasteiger partial charge < -0.3 is 5.32 Å². The highest BCUT2D eigenvalue weighted by Crippen LogP contribution is 2.31. The van der Waals surface area contributed by atoms with Gasteiger partial charge in [0, 0.05) is 16.5 Å². The summed E-state index contributed by atoms with van der Waals surface area (Å²) in [6.45, 7) is 1.89. The third-order valence-corrected chi connectivity index (χ3v) is 5.87. The van der Waals surface area contributed by atoms with E-state index >= 15 is 0 Å². The van der Waals surface area contributed by atoms with Gasteiger partial charge in [-0.05, 0) is 29.8 Å². The first-order chi connectivity index (χ1) is 12.2. The van der Waals surface area contributed by atoms with Crippen molar-refractivity contribution in [2.24, 2.45) is 0 Å². The highest BCUT2D eigenvalue weighted by atomic mass is 32.2. The topological polar surface area (TPSA) is 54.9 Å². The second-order valence-electron chi connectivity index (χ2n) is 5.59. The van der Waals surface area contributed by atoms with Crippen LogP contribution in [0.1, 0.15) is 6.92 Å². The van der Waals surface area contributed by atoms with Crippen LogP contribution < -0.4 is 5.32 Å². The number of nitrogens with zero attached hydrogens (tertiary/aromatic N) is 2. The summed E-state index contributed by atoms with van der Waals surface area (Å²) in [5.74, 6) is -0.0386. The molecule has 0 aliphatic heterocycles. The number of carbonyl (C=O) groups is 1. The average molecular weight is 365 g/mol. The summed E-state index contributed by atoms with van der Waals surface area (Å²) in [6.07, 6.45) is 1.55. The number of thioether (sulfide) groups is 1. The molecule has 0 aliphatic carbocycles. The van der Waals surface area contributed by atoms with Crippen molar-refractivity contribution in [2.45, 2.75) is 17.2 Å². The molecule has 2 heterocycles. The second-order valence-corrected chi connectivity index (χ2v) is 7.82. The number of benzene rings is 2. The minimum absolute atomic E-state index is 0.0386. The Hall–Kier alpha value is -2.44. The normalized spacial score (nSPS) is 12.4. The predicted molar refractivity (Wildman–Crippen MR) is 105 cm³/mol. The Morgan fingerprint density at radius 1 is 1.08 bits per heavy atom. The fraction of sp³-hybridized carbons (Fsp3) is 0.105. The number of carbonyl (C=O) groups excluding carboxylic acids is 1. The van der Waals surface area contributed by atoms with Crippen molar-refractivity contribution in [3.05, 3.63) is 60.2 Å². The zero-order chi connectivity index (χ0) is 17.2. The Bertz CT molecular complexity index is 1060. The quantitative estimate of drug-likeness (QED) is 0.410. The first kappa shape index (κ1) is 16.1. The van der Waals surface area contributed by atoms with E-state index in [9.17, 15) is 4.79 Å². The molecule has 1 N–H and O–H groups in total. The van der Waals surface area contributed by atoms with E-state index in [1.165, 1.54) is 11.8 Å². The monoisotopic (exact) mass is 365 g/mol. The van der Waals surface area contributed by atoms with Gasteiger partial charge in [0.15, 0.2) is 0 Å². The molecule has 2 aromatic carbocycles. The Balaban J connectivity index is 1.55. The van der Waals surface area contributed by atoms with Gasteiger partial charge in [-0.1, -0.05) is 48.2 Å². The fourth-order valence-electron chi connectivity index (χ4n) is 2.65. The van der Waals surface area contributed by atoms with Crippen LogP contribution in [0.15, 0.2) is 65.3 Å². The van der Waals surface area contributed by atoms with Crippen molar-refractivity contribution in [2.75, 3.05) is 5.32 Å². The van der Waals surface area contributed by atoms with Crippen LogP contribution in [0.2, 0.25) is 0 Å². The smallest absolute Gasteiger partial charge is 0.237 e. The number of rotatable bonds is 4. The number of amides is 1. The van der Waals surface area contributed by atoms with Crippen LogP contribution in [-0.2, 0) is 4.79 Å². The Kier molecular flexibility index (Phi) is 4.38. The summed E-state index contributed by atoms with van der Waals surface area (Å²) in [5.41, 5.74) is 0.832. The molecule has 4 aromatic rings. The van der Waals surface area contributed by atoms with Crippen LogP contribution in [0.4, 0.5) is 5.69 Å². The molecule has 0 fully saturated rings. The number of hydrogen-bond donors (Lipinski definition) is 1. The number of thiophene rings is 1. The Morgan fingerprint density at radius 2 is 1.92 bits per heavy atom. The molecule has 1 atom stereocenters. The lowest BCUT2D eigenvalue weighted by molar-refractivity contribution is -0.115. The molecule has 0 spiro atoms. The molecule has 0 bridgehead atoms. The number of anilines is 1. The molecular weight excluding hydrogens is 350 g/mol. The first-order valence-electron chi connectivity index (χ1n) is 7.86. The van der Waals surface area contributed by atoms with Crippen molar-refractivity contribution in [3.63, 3.8) is 0 Å². The molecule has 25 heavy (non-hydrogen) atoms. The Labute approximate surface area is 153 Å². The van der Waals surface area contributed by atoms with E-state index in [0.29, 0.717) is 0 Å². The highest BCUT2D eigenvalue weighted by Gasteiger charge is 2.18. The number of nitrogens with one attached hydrogen (secondary N) is 1. The van der Waals surface area contributed by atoms with E-state index in [2.05, 4.69) is 15.3 Å². The van der Waals surface area contributed by atoms with E-state index in [-0.39, 0.29) is 11.2 Å². The summed E-state index contributed by atoms with van der Waals surface area (Å²) >= 11 is 3.03. The summed E-state index contributed by atoms with van der Waals surface area (Å²) in [5, 5.41) is 8.76. The van der Waals surface area contributed by atoms with Crippen LogP contribution in [0.25, 0.3) is 21.0 Å². The third-order valence-electron chi connectivity index (χ3n) is 3.93. The molecule has 0 aliphatic rings. The largest absolute Gasteiger partial charge is 0.325 e. The first-order valence-corrected chi connectivity index (χ1v) is 9.62. The molecule has 0 saturated carbocycles. The van der Waals surface area contributed by atoms with Crippen LogP contribution >= 0.6 is 23.1 Å². The molecule has 6 heteroatoms. The lowest BCUT2D eigenvalue weighted by Gasteiger charge is -2.13. The Morgan fingerprint density at radius 3 is 2.84 bits per heavy atom. The van der Waals surface area contributed by atoms with E-state index in [1.807, 2.05) is 60.8 Å². The number of hydrogen-bond acceptors (Lipinski definition) is 5. The van der Waals surface area contributed by atoms with Gasteiger partial charge in [0.25, 0.3) is 0 Å². The predicted octanol–water partition coefficient (Wildman–Crippen LogP) is 4.96. The maximum atomic E-state index is 12.7. The standard InChI is InChI=1S/C19H15N3OS2/c1-12(25-19-15-9-10-24-18(15)20-11-21-19)17(23)22-16-8-4-6-13-5-2-3-7-14(13)16/h2-12H,1H3,(H,22,23)/t12-/m0/s1. The van der Waals surface area contributed by atoms with Crippen molar-refractivity contribution >= 4 is 55.7 Å². The van der Waals surface area contributed by atoms with Crippen molar-refractivity contribution in [1.29, 1.82) is 0 Å². The molecule has 0 unspecified atom stereocenters. The summed E-state index contributed by atoms with van der Waals surface area (Å²) in [7, 11) is 0. The van der Waals surface area contributed by atoms with Gasteiger partial charge in [-0.3, -0.25) is 4.79 Å². The van der Waals surface area contributed by atoms with Gasteiger partial charge in [-0.25, -0.2) is 9.97 Å². The summed E-state index contributed by atoms with van der Waals surface area (Å²) in [4.78, 5) is 22.2. The van der Waals surface area contributed by atoms with Crippen LogP contribution in [0, 0.1) is 0 Å². The van der Waals surface area contributed by atoms with Crippen LogP contribution in [0.5, 0.6) is 0 Å². The van der Waals surface area contributed by atoms with Crippen LogP contribution in [-0.4, -0.2) is 21.1 Å².